The molecule has 1 rings (SSSR count). The summed E-state index contributed by atoms with van der Waals surface area (Å²) in [6, 6.07) is 0. The Labute approximate surface area is 92.6 Å². The molecule has 0 spiro atoms. The van der Waals surface area contributed by atoms with E-state index in [9.17, 15) is 18.0 Å². The molecule has 94 valence electrons. The van der Waals surface area contributed by atoms with Crippen LogP contribution < -0.4 is 11.1 Å². The lowest BCUT2D eigenvalue weighted by Gasteiger charge is -2.47. The Morgan fingerprint density at radius 2 is 2.00 bits per heavy atom. The average Bonchev–Trinajstić information content (AvgIpc) is 1.97. The summed E-state index contributed by atoms with van der Waals surface area (Å²) in [5, 5.41) is 2.26. The van der Waals surface area contributed by atoms with Gasteiger partial charge in [0.15, 0.2) is 0 Å². The van der Waals surface area contributed by atoms with E-state index in [4.69, 9.17) is 5.73 Å². The molecule has 0 atom stereocenters. The molecule has 1 fully saturated rings. The number of halogens is 3. The van der Waals surface area contributed by atoms with Crippen molar-refractivity contribution in [2.24, 2.45) is 17.6 Å². The van der Waals surface area contributed by atoms with Crippen molar-refractivity contribution < 1.29 is 18.0 Å². The first-order valence-corrected chi connectivity index (χ1v) is 5.28. The van der Waals surface area contributed by atoms with Crippen LogP contribution in [-0.2, 0) is 4.79 Å². The Hall–Kier alpha value is -0.780. The summed E-state index contributed by atoms with van der Waals surface area (Å²) in [5.41, 5.74) is 4.01. The molecule has 0 aromatic rings. The molecule has 3 N–H and O–H groups in total. The Bertz CT molecular complexity index is 270. The van der Waals surface area contributed by atoms with Crippen LogP contribution in [0.2, 0.25) is 0 Å². The van der Waals surface area contributed by atoms with Gasteiger partial charge in [0.25, 0.3) is 0 Å². The molecule has 0 aromatic heterocycles. The second-order valence-electron chi connectivity index (χ2n) is 4.83. The number of carbonyl (C=O) groups excluding carboxylic acids is 1. The molecule has 6 heteroatoms. The molecule has 1 aliphatic rings. The number of nitrogens with two attached hydrogens (primary N) is 1. The third-order valence-corrected chi connectivity index (χ3v) is 3.26. The number of nitrogens with one attached hydrogen (secondary N) is 1. The normalized spacial score (nSPS) is 30.2. The van der Waals surface area contributed by atoms with Crippen LogP contribution in [0.1, 0.15) is 26.7 Å². The van der Waals surface area contributed by atoms with Gasteiger partial charge in [-0.15, -0.1) is 0 Å². The molecule has 0 aromatic carbocycles. The first kappa shape index (κ1) is 13.3. The van der Waals surface area contributed by atoms with Crippen molar-refractivity contribution >= 4 is 5.91 Å². The van der Waals surface area contributed by atoms with Gasteiger partial charge in [-0.3, -0.25) is 10.1 Å². The summed E-state index contributed by atoms with van der Waals surface area (Å²) in [6.07, 6.45) is -3.52. The van der Waals surface area contributed by atoms with Crippen molar-refractivity contribution in [2.75, 3.05) is 6.54 Å². The molecular formula is C10H17F3N2O. The maximum atomic E-state index is 12.1. The first-order valence-electron chi connectivity index (χ1n) is 5.28. The highest BCUT2D eigenvalue weighted by molar-refractivity contribution is 5.85. The fraction of sp³-hybridized carbons (Fsp3) is 0.900. The van der Waals surface area contributed by atoms with Crippen molar-refractivity contribution in [3.05, 3.63) is 0 Å². The van der Waals surface area contributed by atoms with Crippen molar-refractivity contribution in [3.63, 3.8) is 0 Å². The zero-order chi connectivity index (χ0) is 12.6. The van der Waals surface area contributed by atoms with Crippen LogP contribution in [0, 0.1) is 11.8 Å². The molecule has 1 amide bonds. The molecular weight excluding hydrogens is 221 g/mol. The lowest BCUT2D eigenvalue weighted by molar-refractivity contribution is -0.144. The maximum absolute atomic E-state index is 12.1. The summed E-state index contributed by atoms with van der Waals surface area (Å²) < 4.78 is 36.2. The van der Waals surface area contributed by atoms with E-state index in [-0.39, 0.29) is 5.92 Å². The van der Waals surface area contributed by atoms with Crippen LogP contribution in [0.15, 0.2) is 0 Å². The molecule has 0 aliphatic heterocycles. The summed E-state index contributed by atoms with van der Waals surface area (Å²) in [6.45, 7) is 2.80. The summed E-state index contributed by atoms with van der Waals surface area (Å²) in [7, 11) is 0. The van der Waals surface area contributed by atoms with E-state index in [0.717, 1.165) is 0 Å². The monoisotopic (exact) mass is 238 g/mol. The van der Waals surface area contributed by atoms with E-state index < -0.39 is 24.2 Å². The zero-order valence-electron chi connectivity index (χ0n) is 9.40. The number of carbonyl (C=O) groups is 1. The number of primary amides is 1. The zero-order valence-corrected chi connectivity index (χ0v) is 9.40. The molecule has 0 heterocycles. The topological polar surface area (TPSA) is 55.1 Å². The third-order valence-electron chi connectivity index (χ3n) is 3.26. The minimum atomic E-state index is -4.31. The van der Waals surface area contributed by atoms with Crippen molar-refractivity contribution in [1.29, 1.82) is 0 Å². The van der Waals surface area contributed by atoms with Crippen LogP contribution in [0.5, 0.6) is 0 Å². The Morgan fingerprint density at radius 1 is 1.50 bits per heavy atom. The Kier molecular flexibility index (Phi) is 3.52. The van der Waals surface area contributed by atoms with Gasteiger partial charge in [-0.25, -0.2) is 0 Å². The minimum absolute atomic E-state index is 0.272. The van der Waals surface area contributed by atoms with Gasteiger partial charge >= 0.3 is 6.18 Å². The highest BCUT2D eigenvalue weighted by Crippen LogP contribution is 2.42. The van der Waals surface area contributed by atoms with Gasteiger partial charge in [-0.05, 0) is 24.7 Å². The molecule has 3 nitrogen and oxygen atoms in total. The number of amides is 1. The van der Waals surface area contributed by atoms with Crippen molar-refractivity contribution in [1.82, 2.24) is 5.32 Å². The predicted molar refractivity (Wildman–Crippen MR) is 53.5 cm³/mol. The van der Waals surface area contributed by atoms with Gasteiger partial charge in [-0.1, -0.05) is 13.8 Å². The average molecular weight is 238 g/mol. The third kappa shape index (κ3) is 2.87. The Balaban J connectivity index is 2.55. The maximum Gasteiger partial charge on any atom is 0.401 e. The lowest BCUT2D eigenvalue weighted by Crippen LogP contribution is -2.65. The van der Waals surface area contributed by atoms with E-state index >= 15 is 0 Å². The highest BCUT2D eigenvalue weighted by Gasteiger charge is 2.50. The predicted octanol–water partition coefficient (Wildman–Crippen LogP) is 1.43. The van der Waals surface area contributed by atoms with E-state index in [1.165, 1.54) is 0 Å². The smallest absolute Gasteiger partial charge is 0.368 e. The van der Waals surface area contributed by atoms with E-state index in [0.29, 0.717) is 18.8 Å². The van der Waals surface area contributed by atoms with Gasteiger partial charge in [0.2, 0.25) is 5.91 Å². The summed E-state index contributed by atoms with van der Waals surface area (Å²) in [5.74, 6) is -0.0537. The van der Waals surface area contributed by atoms with Crippen molar-refractivity contribution in [3.8, 4) is 0 Å². The lowest BCUT2D eigenvalue weighted by atomic mass is 9.63. The van der Waals surface area contributed by atoms with E-state index in [1.807, 2.05) is 13.8 Å². The van der Waals surface area contributed by atoms with Gasteiger partial charge in [0.05, 0.1) is 12.1 Å². The van der Waals surface area contributed by atoms with E-state index in [2.05, 4.69) is 5.32 Å². The molecule has 16 heavy (non-hydrogen) atoms. The van der Waals surface area contributed by atoms with Gasteiger partial charge in [0.1, 0.15) is 0 Å². The summed E-state index contributed by atoms with van der Waals surface area (Å²) in [4.78, 5) is 11.2. The molecule has 0 bridgehead atoms. The van der Waals surface area contributed by atoms with Crippen LogP contribution in [0.25, 0.3) is 0 Å². The van der Waals surface area contributed by atoms with Gasteiger partial charge in [0, 0.05) is 0 Å². The van der Waals surface area contributed by atoms with Gasteiger partial charge < -0.3 is 5.73 Å². The Morgan fingerprint density at radius 3 is 2.31 bits per heavy atom. The number of alkyl halides is 3. The van der Waals surface area contributed by atoms with Crippen LogP contribution in [0.4, 0.5) is 13.2 Å². The van der Waals surface area contributed by atoms with Crippen LogP contribution in [-0.4, -0.2) is 24.2 Å². The number of rotatable bonds is 4. The second kappa shape index (κ2) is 4.24. The van der Waals surface area contributed by atoms with Crippen molar-refractivity contribution in [2.45, 2.75) is 38.4 Å². The minimum Gasteiger partial charge on any atom is -0.368 e. The molecule has 0 unspecified atom stereocenters. The molecule has 1 saturated carbocycles. The van der Waals surface area contributed by atoms with Crippen LogP contribution in [0.3, 0.4) is 0 Å². The summed E-state index contributed by atoms with van der Waals surface area (Å²) >= 11 is 0. The highest BCUT2D eigenvalue weighted by atomic mass is 19.4. The van der Waals surface area contributed by atoms with E-state index in [1.54, 1.807) is 0 Å². The molecule has 1 aliphatic carbocycles. The largest absolute Gasteiger partial charge is 0.401 e. The quantitative estimate of drug-likeness (QED) is 0.778. The second-order valence-corrected chi connectivity index (χ2v) is 4.83. The SMILES string of the molecule is CC(C)C1CC(NCC(F)(F)F)(C(N)=O)C1. The van der Waals surface area contributed by atoms with Crippen LogP contribution >= 0.6 is 0 Å². The molecule has 0 radical (unpaired) electrons. The van der Waals surface area contributed by atoms with Gasteiger partial charge in [-0.2, -0.15) is 13.2 Å². The fourth-order valence-corrected chi connectivity index (χ4v) is 2.01. The molecule has 0 saturated heterocycles. The number of hydrogen-bond acceptors (Lipinski definition) is 2. The fourth-order valence-electron chi connectivity index (χ4n) is 2.01. The standard InChI is InChI=1S/C10H17F3N2O/c1-6(2)7-3-9(4-7,8(14)16)15-5-10(11,12)13/h6-7,15H,3-5H2,1-2H3,(H2,14,16). The first-order chi connectivity index (χ1) is 7.16. The number of hydrogen-bond donors (Lipinski definition) is 2.